The lowest BCUT2D eigenvalue weighted by Crippen LogP contribution is -2.56. The molecule has 0 aromatic heterocycles. The maximum atomic E-state index is 12.8. The van der Waals surface area contributed by atoms with Crippen LogP contribution in [0.15, 0.2) is 18.2 Å². The number of fused-ring (bicyclic) bond motifs is 1. The molecule has 3 aliphatic rings. The quantitative estimate of drug-likeness (QED) is 0.746. The van der Waals surface area contributed by atoms with Gasteiger partial charge in [0.25, 0.3) is 5.91 Å². The average Bonchev–Trinajstić information content (AvgIpc) is 2.95. The van der Waals surface area contributed by atoms with Crippen LogP contribution in [0, 0.1) is 5.41 Å². The number of carbonyl (C=O) groups excluding carboxylic acids is 4. The van der Waals surface area contributed by atoms with Gasteiger partial charge in [-0.15, -0.1) is 0 Å². The molecule has 1 aromatic carbocycles. The predicted octanol–water partition coefficient (Wildman–Crippen LogP) is 0.728. The van der Waals surface area contributed by atoms with Crippen molar-refractivity contribution in [1.29, 1.82) is 0 Å². The van der Waals surface area contributed by atoms with Crippen molar-refractivity contribution in [3.8, 4) is 0 Å². The molecule has 4 rings (SSSR count). The lowest BCUT2D eigenvalue weighted by molar-refractivity contribution is -0.139. The Morgan fingerprint density at radius 3 is 2.68 bits per heavy atom. The van der Waals surface area contributed by atoms with Crippen molar-refractivity contribution in [1.82, 2.24) is 15.1 Å². The van der Waals surface area contributed by atoms with Gasteiger partial charge in [-0.25, -0.2) is 0 Å². The molecule has 8 heteroatoms. The van der Waals surface area contributed by atoms with Gasteiger partial charge < -0.3 is 15.1 Å². The second-order valence-corrected chi connectivity index (χ2v) is 8.50. The third kappa shape index (κ3) is 3.23. The molecule has 0 saturated carbocycles. The summed E-state index contributed by atoms with van der Waals surface area (Å²) in [6.07, 6.45) is 0.554. The number of benzene rings is 1. The Morgan fingerprint density at radius 1 is 1.25 bits per heavy atom. The minimum atomic E-state index is -0.643. The van der Waals surface area contributed by atoms with Crippen molar-refractivity contribution in [2.45, 2.75) is 39.3 Å². The van der Waals surface area contributed by atoms with Crippen LogP contribution in [0.2, 0.25) is 0 Å². The molecule has 3 heterocycles. The summed E-state index contributed by atoms with van der Waals surface area (Å²) in [5, 5.41) is 5.46. The first-order valence-electron chi connectivity index (χ1n) is 9.53. The van der Waals surface area contributed by atoms with Crippen LogP contribution >= 0.6 is 0 Å². The highest BCUT2D eigenvalue weighted by Gasteiger charge is 2.40. The van der Waals surface area contributed by atoms with Crippen LogP contribution in [-0.4, -0.2) is 59.1 Å². The SMILES string of the molecule is CC1(C)CN(C(=O)CNc2cccc3c2CN(C2CCC(=O)NC2=O)C3=O)C1. The van der Waals surface area contributed by atoms with Crippen molar-refractivity contribution in [3.05, 3.63) is 29.3 Å². The van der Waals surface area contributed by atoms with Crippen molar-refractivity contribution >= 4 is 29.3 Å². The fourth-order valence-electron chi connectivity index (χ4n) is 4.20. The first-order chi connectivity index (χ1) is 13.2. The molecule has 148 valence electrons. The third-order valence-electron chi connectivity index (χ3n) is 5.60. The molecule has 2 fully saturated rings. The van der Waals surface area contributed by atoms with Gasteiger partial charge in [-0.1, -0.05) is 19.9 Å². The van der Waals surface area contributed by atoms with Crippen LogP contribution in [0.4, 0.5) is 5.69 Å². The van der Waals surface area contributed by atoms with E-state index in [1.54, 1.807) is 12.1 Å². The van der Waals surface area contributed by atoms with Gasteiger partial charge in [0.05, 0.1) is 6.54 Å². The maximum absolute atomic E-state index is 12.8. The van der Waals surface area contributed by atoms with Crippen molar-refractivity contribution in [2.24, 2.45) is 5.41 Å². The van der Waals surface area contributed by atoms with Gasteiger partial charge in [-0.05, 0) is 24.0 Å². The first kappa shape index (κ1) is 18.5. The molecule has 0 spiro atoms. The zero-order chi connectivity index (χ0) is 20.1. The fourth-order valence-corrected chi connectivity index (χ4v) is 4.20. The molecular formula is C20H24N4O4. The number of hydrogen-bond donors (Lipinski definition) is 2. The summed E-state index contributed by atoms with van der Waals surface area (Å²) in [6.45, 7) is 6.21. The highest BCUT2D eigenvalue weighted by atomic mass is 16.2. The highest BCUT2D eigenvalue weighted by molar-refractivity contribution is 6.06. The van der Waals surface area contributed by atoms with Gasteiger partial charge in [0.2, 0.25) is 17.7 Å². The van der Waals surface area contributed by atoms with E-state index in [2.05, 4.69) is 24.5 Å². The number of anilines is 1. The summed E-state index contributed by atoms with van der Waals surface area (Å²) < 4.78 is 0. The predicted molar refractivity (Wildman–Crippen MR) is 101 cm³/mol. The molecule has 4 amide bonds. The number of amides is 4. The first-order valence-corrected chi connectivity index (χ1v) is 9.53. The molecule has 0 radical (unpaired) electrons. The average molecular weight is 384 g/mol. The standard InChI is InChI=1S/C20H24N4O4/c1-20(2)10-23(11-20)17(26)8-21-14-5-3-4-12-13(14)9-24(19(12)28)15-6-7-16(25)22-18(15)27/h3-5,15,21H,6-11H2,1-2H3,(H,22,25,27). The van der Waals surface area contributed by atoms with E-state index in [9.17, 15) is 19.2 Å². The normalized spacial score (nSPS) is 23.2. The number of piperidine rings is 1. The Labute approximate surface area is 163 Å². The molecule has 0 bridgehead atoms. The molecule has 28 heavy (non-hydrogen) atoms. The van der Waals surface area contributed by atoms with Gasteiger partial charge in [0.1, 0.15) is 6.04 Å². The molecule has 0 aliphatic carbocycles. The van der Waals surface area contributed by atoms with Crippen LogP contribution < -0.4 is 10.6 Å². The smallest absolute Gasteiger partial charge is 0.255 e. The highest BCUT2D eigenvalue weighted by Crippen LogP contribution is 2.33. The van der Waals surface area contributed by atoms with E-state index in [0.717, 1.165) is 24.3 Å². The molecule has 1 aromatic rings. The molecule has 2 saturated heterocycles. The number of likely N-dealkylation sites (tertiary alicyclic amines) is 1. The number of imide groups is 1. The number of nitrogens with one attached hydrogen (secondary N) is 2. The van der Waals surface area contributed by atoms with Gasteiger partial charge in [-0.2, -0.15) is 0 Å². The van der Waals surface area contributed by atoms with E-state index in [0.29, 0.717) is 12.0 Å². The Balaban J connectivity index is 1.45. The summed E-state index contributed by atoms with van der Waals surface area (Å²) >= 11 is 0. The zero-order valence-electron chi connectivity index (χ0n) is 16.1. The van der Waals surface area contributed by atoms with E-state index in [-0.39, 0.29) is 42.6 Å². The maximum Gasteiger partial charge on any atom is 0.255 e. The lowest BCUT2D eigenvalue weighted by Gasteiger charge is -2.45. The van der Waals surface area contributed by atoms with Crippen LogP contribution in [-0.2, 0) is 20.9 Å². The number of rotatable bonds is 4. The number of hydrogen-bond acceptors (Lipinski definition) is 5. The summed E-state index contributed by atoms with van der Waals surface area (Å²) in [6, 6.07) is 4.70. The molecule has 8 nitrogen and oxygen atoms in total. The largest absolute Gasteiger partial charge is 0.376 e. The monoisotopic (exact) mass is 384 g/mol. The Morgan fingerprint density at radius 2 is 2.00 bits per heavy atom. The zero-order valence-corrected chi connectivity index (χ0v) is 16.1. The van der Waals surface area contributed by atoms with Crippen molar-refractivity contribution < 1.29 is 19.2 Å². The van der Waals surface area contributed by atoms with Crippen LogP contribution in [0.3, 0.4) is 0 Å². The second-order valence-electron chi connectivity index (χ2n) is 8.50. The molecule has 1 atom stereocenters. The minimum absolute atomic E-state index is 0.0308. The van der Waals surface area contributed by atoms with Crippen molar-refractivity contribution in [3.63, 3.8) is 0 Å². The van der Waals surface area contributed by atoms with E-state index >= 15 is 0 Å². The van der Waals surface area contributed by atoms with Gasteiger partial charge in [0.15, 0.2) is 0 Å². The minimum Gasteiger partial charge on any atom is -0.376 e. The van der Waals surface area contributed by atoms with Crippen LogP contribution in [0.1, 0.15) is 42.6 Å². The van der Waals surface area contributed by atoms with Crippen LogP contribution in [0.5, 0.6) is 0 Å². The van der Waals surface area contributed by atoms with Gasteiger partial charge >= 0.3 is 0 Å². The number of nitrogens with zero attached hydrogens (tertiary/aromatic N) is 2. The number of carbonyl (C=O) groups is 4. The Hall–Kier alpha value is -2.90. The second kappa shape index (κ2) is 6.61. The molecule has 1 unspecified atom stereocenters. The summed E-state index contributed by atoms with van der Waals surface area (Å²) in [5.41, 5.74) is 2.23. The summed E-state index contributed by atoms with van der Waals surface area (Å²) in [4.78, 5) is 52.0. The Bertz CT molecular complexity index is 871. The van der Waals surface area contributed by atoms with E-state index in [4.69, 9.17) is 0 Å². The van der Waals surface area contributed by atoms with Gasteiger partial charge in [-0.3, -0.25) is 24.5 Å². The topological polar surface area (TPSA) is 98.8 Å². The molecule has 3 aliphatic heterocycles. The fraction of sp³-hybridized carbons (Fsp3) is 0.500. The van der Waals surface area contributed by atoms with Crippen molar-refractivity contribution in [2.75, 3.05) is 25.0 Å². The molecule has 2 N–H and O–H groups in total. The lowest BCUT2D eigenvalue weighted by atomic mass is 9.84. The van der Waals surface area contributed by atoms with E-state index in [1.807, 2.05) is 11.0 Å². The van der Waals surface area contributed by atoms with E-state index < -0.39 is 11.9 Å². The Kier molecular flexibility index (Phi) is 4.36. The van der Waals surface area contributed by atoms with E-state index in [1.165, 1.54) is 4.90 Å². The summed E-state index contributed by atoms with van der Waals surface area (Å²) in [5.74, 6) is -0.921. The third-order valence-corrected chi connectivity index (χ3v) is 5.60. The summed E-state index contributed by atoms with van der Waals surface area (Å²) in [7, 11) is 0. The van der Waals surface area contributed by atoms with Crippen LogP contribution in [0.25, 0.3) is 0 Å². The molecular weight excluding hydrogens is 360 g/mol. The van der Waals surface area contributed by atoms with Gasteiger partial charge in [0, 0.05) is 42.9 Å².